The average molecular weight is 236 g/mol. The smallest absolute Gasteiger partial charge is 0.220 e. The lowest BCUT2D eigenvalue weighted by atomic mass is 9.66. The van der Waals surface area contributed by atoms with Crippen molar-refractivity contribution in [3.8, 4) is 0 Å². The summed E-state index contributed by atoms with van der Waals surface area (Å²) in [6.07, 6.45) is 6.35. The number of carbonyl (C=O) groups excluding carboxylic acids is 1. The molecule has 0 atom stereocenters. The molecule has 1 aliphatic rings. The average Bonchev–Trinajstić information content (AvgIpc) is 2.76. The van der Waals surface area contributed by atoms with Gasteiger partial charge in [-0.1, -0.05) is 6.42 Å². The summed E-state index contributed by atoms with van der Waals surface area (Å²) in [5.74, 6) is 1.02. The minimum absolute atomic E-state index is 0.0920. The molecule has 1 amide bonds. The van der Waals surface area contributed by atoms with Crippen LogP contribution < -0.4 is 11.1 Å². The van der Waals surface area contributed by atoms with Crippen molar-refractivity contribution in [3.63, 3.8) is 0 Å². The predicted octanol–water partition coefficient (Wildman–Crippen LogP) is 1.46. The number of carbonyl (C=O) groups is 1. The Bertz CT molecular complexity index is 350. The third-order valence-corrected chi connectivity index (χ3v) is 3.66. The van der Waals surface area contributed by atoms with Crippen LogP contribution >= 0.6 is 0 Å². The molecule has 2 rings (SSSR count). The van der Waals surface area contributed by atoms with Crippen molar-refractivity contribution >= 4 is 5.91 Å². The molecule has 0 saturated heterocycles. The normalized spacial score (nSPS) is 17.5. The van der Waals surface area contributed by atoms with Crippen molar-refractivity contribution in [2.24, 2.45) is 11.1 Å². The standard InChI is InChI=1S/C13H20N2O2/c14-10-13(5-2-6-13)9-12(16)15-7-4-11-3-1-8-17-11/h1,3,8H,2,4-7,9-10,14H2,(H,15,16). The first-order valence-electron chi connectivity index (χ1n) is 6.23. The minimum atomic E-state index is 0.0920. The maximum atomic E-state index is 11.7. The summed E-state index contributed by atoms with van der Waals surface area (Å²) in [7, 11) is 0. The molecule has 0 bridgehead atoms. The molecule has 0 aliphatic heterocycles. The Morgan fingerprint density at radius 3 is 2.88 bits per heavy atom. The third-order valence-electron chi connectivity index (χ3n) is 3.66. The zero-order valence-corrected chi connectivity index (χ0v) is 10.1. The molecular weight excluding hydrogens is 216 g/mol. The summed E-state index contributed by atoms with van der Waals surface area (Å²) in [4.78, 5) is 11.7. The number of hydrogen-bond acceptors (Lipinski definition) is 3. The van der Waals surface area contributed by atoms with Gasteiger partial charge in [0.05, 0.1) is 6.26 Å². The summed E-state index contributed by atoms with van der Waals surface area (Å²) in [5, 5.41) is 2.92. The van der Waals surface area contributed by atoms with Crippen LogP contribution in [-0.2, 0) is 11.2 Å². The number of furan rings is 1. The molecule has 3 N–H and O–H groups in total. The van der Waals surface area contributed by atoms with E-state index in [9.17, 15) is 4.79 Å². The highest BCUT2D eigenvalue weighted by atomic mass is 16.3. The number of nitrogens with two attached hydrogens (primary N) is 1. The summed E-state index contributed by atoms with van der Waals surface area (Å²) in [6.45, 7) is 1.26. The highest BCUT2D eigenvalue weighted by Crippen LogP contribution is 2.42. The van der Waals surface area contributed by atoms with Gasteiger partial charge in [-0.3, -0.25) is 4.79 Å². The molecule has 1 aromatic rings. The first-order chi connectivity index (χ1) is 8.24. The summed E-state index contributed by atoms with van der Waals surface area (Å²) >= 11 is 0. The van der Waals surface area contributed by atoms with E-state index < -0.39 is 0 Å². The molecule has 17 heavy (non-hydrogen) atoms. The third kappa shape index (κ3) is 3.09. The van der Waals surface area contributed by atoms with Crippen LogP contribution in [0.25, 0.3) is 0 Å². The molecule has 0 radical (unpaired) electrons. The maximum Gasteiger partial charge on any atom is 0.220 e. The molecule has 0 spiro atoms. The van der Waals surface area contributed by atoms with Crippen molar-refractivity contribution in [2.45, 2.75) is 32.1 Å². The maximum absolute atomic E-state index is 11.7. The van der Waals surface area contributed by atoms with Gasteiger partial charge in [-0.2, -0.15) is 0 Å². The van der Waals surface area contributed by atoms with E-state index in [1.165, 1.54) is 6.42 Å². The topological polar surface area (TPSA) is 68.3 Å². The van der Waals surface area contributed by atoms with Crippen LogP contribution in [0.4, 0.5) is 0 Å². The molecule has 4 nitrogen and oxygen atoms in total. The zero-order chi connectivity index (χ0) is 12.1. The Hall–Kier alpha value is -1.29. The van der Waals surface area contributed by atoms with Crippen LogP contribution in [0.15, 0.2) is 22.8 Å². The van der Waals surface area contributed by atoms with Crippen molar-refractivity contribution in [3.05, 3.63) is 24.2 Å². The van der Waals surface area contributed by atoms with E-state index in [0.717, 1.165) is 25.0 Å². The van der Waals surface area contributed by atoms with Crippen LogP contribution in [-0.4, -0.2) is 19.0 Å². The fraction of sp³-hybridized carbons (Fsp3) is 0.615. The number of hydrogen-bond donors (Lipinski definition) is 2. The van der Waals surface area contributed by atoms with Gasteiger partial charge in [0.1, 0.15) is 5.76 Å². The number of rotatable bonds is 6. The Balaban J connectivity index is 1.67. The largest absolute Gasteiger partial charge is 0.469 e. The van der Waals surface area contributed by atoms with E-state index in [1.807, 2.05) is 12.1 Å². The SMILES string of the molecule is NCC1(CC(=O)NCCc2ccco2)CCC1. The van der Waals surface area contributed by atoms with Gasteiger partial charge in [-0.05, 0) is 36.9 Å². The Morgan fingerprint density at radius 2 is 2.35 bits per heavy atom. The Kier molecular flexibility index (Phi) is 3.84. The van der Waals surface area contributed by atoms with Crippen molar-refractivity contribution in [2.75, 3.05) is 13.1 Å². The van der Waals surface area contributed by atoms with Crippen LogP contribution in [0.5, 0.6) is 0 Å². The summed E-state index contributed by atoms with van der Waals surface area (Å²) in [5.41, 5.74) is 5.82. The molecule has 4 heteroatoms. The van der Waals surface area contributed by atoms with Gasteiger partial charge < -0.3 is 15.5 Å². The lowest BCUT2D eigenvalue weighted by molar-refractivity contribution is -0.124. The van der Waals surface area contributed by atoms with Crippen LogP contribution in [0.2, 0.25) is 0 Å². The quantitative estimate of drug-likeness (QED) is 0.785. The fourth-order valence-electron chi connectivity index (χ4n) is 2.31. The van der Waals surface area contributed by atoms with Gasteiger partial charge >= 0.3 is 0 Å². The lowest BCUT2D eigenvalue weighted by Gasteiger charge is -2.40. The minimum Gasteiger partial charge on any atom is -0.469 e. The first-order valence-corrected chi connectivity index (χ1v) is 6.23. The van der Waals surface area contributed by atoms with Gasteiger partial charge in [0.25, 0.3) is 0 Å². The van der Waals surface area contributed by atoms with Crippen molar-refractivity contribution in [1.29, 1.82) is 0 Å². The second kappa shape index (κ2) is 5.36. The molecule has 1 aliphatic carbocycles. The summed E-state index contributed by atoms with van der Waals surface area (Å²) in [6, 6.07) is 3.77. The monoisotopic (exact) mass is 236 g/mol. The molecule has 0 unspecified atom stereocenters. The van der Waals surface area contributed by atoms with Crippen molar-refractivity contribution in [1.82, 2.24) is 5.32 Å². The van der Waals surface area contributed by atoms with Gasteiger partial charge in [-0.15, -0.1) is 0 Å². The van der Waals surface area contributed by atoms with E-state index in [0.29, 0.717) is 19.5 Å². The zero-order valence-electron chi connectivity index (χ0n) is 10.1. The molecule has 1 fully saturated rings. The van der Waals surface area contributed by atoms with E-state index in [-0.39, 0.29) is 11.3 Å². The van der Waals surface area contributed by atoms with Crippen LogP contribution in [0.3, 0.4) is 0 Å². The lowest BCUT2D eigenvalue weighted by Crippen LogP contribution is -2.42. The van der Waals surface area contributed by atoms with Crippen molar-refractivity contribution < 1.29 is 9.21 Å². The highest BCUT2D eigenvalue weighted by Gasteiger charge is 2.37. The molecule has 0 aromatic carbocycles. The Labute approximate surface area is 102 Å². The Morgan fingerprint density at radius 1 is 1.53 bits per heavy atom. The number of nitrogens with one attached hydrogen (secondary N) is 1. The molecular formula is C13H20N2O2. The van der Waals surface area contributed by atoms with Crippen LogP contribution in [0, 0.1) is 5.41 Å². The predicted molar refractivity (Wildman–Crippen MR) is 65.4 cm³/mol. The van der Waals surface area contributed by atoms with Gasteiger partial charge in [0.15, 0.2) is 0 Å². The highest BCUT2D eigenvalue weighted by molar-refractivity contribution is 5.76. The molecule has 94 valence electrons. The molecule has 1 saturated carbocycles. The van der Waals surface area contributed by atoms with E-state index in [1.54, 1.807) is 6.26 Å². The number of amides is 1. The van der Waals surface area contributed by atoms with E-state index in [2.05, 4.69) is 5.32 Å². The fourth-order valence-corrected chi connectivity index (χ4v) is 2.31. The molecule has 1 aromatic heterocycles. The van der Waals surface area contributed by atoms with E-state index in [4.69, 9.17) is 10.2 Å². The second-order valence-electron chi connectivity index (χ2n) is 4.91. The second-order valence-corrected chi connectivity index (χ2v) is 4.91. The van der Waals surface area contributed by atoms with Gasteiger partial charge in [0.2, 0.25) is 5.91 Å². The molecule has 1 heterocycles. The summed E-state index contributed by atoms with van der Waals surface area (Å²) < 4.78 is 5.20. The van der Waals surface area contributed by atoms with Gasteiger partial charge in [-0.25, -0.2) is 0 Å². The van der Waals surface area contributed by atoms with E-state index >= 15 is 0 Å². The van der Waals surface area contributed by atoms with Crippen LogP contribution in [0.1, 0.15) is 31.4 Å². The first kappa shape index (κ1) is 12.2. The van der Waals surface area contributed by atoms with Gasteiger partial charge in [0, 0.05) is 19.4 Å².